The van der Waals surface area contributed by atoms with E-state index in [1.54, 1.807) is 6.07 Å². The summed E-state index contributed by atoms with van der Waals surface area (Å²) in [7, 11) is 0. The van der Waals surface area contributed by atoms with E-state index in [1.165, 1.54) is 22.2 Å². The highest BCUT2D eigenvalue weighted by molar-refractivity contribution is 6.04. The molecule has 5 heteroatoms. The third-order valence-electron chi connectivity index (χ3n) is 4.21. The van der Waals surface area contributed by atoms with Gasteiger partial charge in [-0.05, 0) is 41.7 Å². The minimum Gasteiger partial charge on any atom is -0.321 e. The monoisotopic (exact) mass is 339 g/mol. The van der Waals surface area contributed by atoms with E-state index in [1.807, 2.05) is 31.2 Å². The molecule has 0 aliphatic heterocycles. The van der Waals surface area contributed by atoms with Crippen LogP contribution in [-0.4, -0.2) is 15.3 Å². The molecule has 0 spiro atoms. The number of aromatic nitrogens is 2. The molecule has 3 rings (SSSR count). The Hall–Kier alpha value is -2.69. The molecule has 2 aromatic heterocycles. The smallest absolute Gasteiger partial charge is 0.274 e. The summed E-state index contributed by atoms with van der Waals surface area (Å²) >= 11 is 0. The molecule has 1 N–H and O–H groups in total. The second-order valence-corrected chi connectivity index (χ2v) is 7.12. The summed E-state index contributed by atoms with van der Waals surface area (Å²) < 4.78 is 15.1. The fraction of sp³-hybridized carbons (Fsp3) is 0.300. The third kappa shape index (κ3) is 3.40. The SMILES string of the molecule is CCc1nc2ccc(F)cn2c1C(=O)Nc1ccc(C(C)(C)C)cc1. The number of anilines is 1. The van der Waals surface area contributed by atoms with Crippen LogP contribution in [0.1, 0.15) is 49.4 Å². The van der Waals surface area contributed by atoms with Crippen LogP contribution in [0.15, 0.2) is 42.6 Å². The molecule has 0 aliphatic rings. The zero-order valence-corrected chi connectivity index (χ0v) is 14.9. The van der Waals surface area contributed by atoms with Crippen molar-refractivity contribution in [2.75, 3.05) is 5.32 Å². The van der Waals surface area contributed by atoms with Gasteiger partial charge in [0, 0.05) is 11.9 Å². The van der Waals surface area contributed by atoms with E-state index in [2.05, 4.69) is 31.1 Å². The molecule has 0 saturated carbocycles. The molecule has 1 aromatic carbocycles. The van der Waals surface area contributed by atoms with Gasteiger partial charge in [0.25, 0.3) is 5.91 Å². The molecule has 2 heterocycles. The number of nitrogens with zero attached hydrogens (tertiary/aromatic N) is 2. The van der Waals surface area contributed by atoms with Gasteiger partial charge in [-0.15, -0.1) is 0 Å². The number of amides is 1. The van der Waals surface area contributed by atoms with Crippen molar-refractivity contribution in [3.8, 4) is 0 Å². The molecule has 0 unspecified atom stereocenters. The van der Waals surface area contributed by atoms with Gasteiger partial charge in [-0.1, -0.05) is 39.8 Å². The minimum absolute atomic E-state index is 0.0527. The van der Waals surface area contributed by atoms with Crippen LogP contribution in [-0.2, 0) is 11.8 Å². The van der Waals surface area contributed by atoms with Crippen molar-refractivity contribution >= 4 is 17.2 Å². The van der Waals surface area contributed by atoms with Gasteiger partial charge in [-0.3, -0.25) is 9.20 Å². The lowest BCUT2D eigenvalue weighted by atomic mass is 9.87. The second kappa shape index (κ2) is 6.31. The summed E-state index contributed by atoms with van der Waals surface area (Å²) in [5.74, 6) is -0.699. The fourth-order valence-electron chi connectivity index (χ4n) is 2.80. The highest BCUT2D eigenvalue weighted by Crippen LogP contribution is 2.24. The number of aryl methyl sites for hydroxylation is 1. The molecule has 0 radical (unpaired) electrons. The molecule has 130 valence electrons. The second-order valence-electron chi connectivity index (χ2n) is 7.12. The van der Waals surface area contributed by atoms with Crippen molar-refractivity contribution in [2.24, 2.45) is 0 Å². The Morgan fingerprint density at radius 1 is 1.16 bits per heavy atom. The fourth-order valence-corrected chi connectivity index (χ4v) is 2.80. The molecular formula is C20H22FN3O. The van der Waals surface area contributed by atoms with Crippen molar-refractivity contribution in [3.05, 3.63) is 65.4 Å². The van der Waals surface area contributed by atoms with Crippen LogP contribution in [0.5, 0.6) is 0 Å². The summed E-state index contributed by atoms with van der Waals surface area (Å²) in [6, 6.07) is 10.7. The number of imidazole rings is 1. The third-order valence-corrected chi connectivity index (χ3v) is 4.21. The minimum atomic E-state index is -0.406. The summed E-state index contributed by atoms with van der Waals surface area (Å²) in [6.07, 6.45) is 1.88. The molecule has 0 bridgehead atoms. The summed E-state index contributed by atoms with van der Waals surface area (Å²) in [4.78, 5) is 17.2. The van der Waals surface area contributed by atoms with Crippen LogP contribution in [0.25, 0.3) is 5.65 Å². The van der Waals surface area contributed by atoms with Gasteiger partial charge in [0.15, 0.2) is 0 Å². The van der Waals surface area contributed by atoms with Crippen LogP contribution >= 0.6 is 0 Å². The Morgan fingerprint density at radius 3 is 2.44 bits per heavy atom. The Morgan fingerprint density at radius 2 is 1.84 bits per heavy atom. The molecule has 25 heavy (non-hydrogen) atoms. The Labute approximate surface area is 146 Å². The molecular weight excluding hydrogens is 317 g/mol. The Kier molecular flexibility index (Phi) is 4.33. The van der Waals surface area contributed by atoms with Gasteiger partial charge in [0.05, 0.1) is 5.69 Å². The van der Waals surface area contributed by atoms with Crippen LogP contribution < -0.4 is 5.32 Å². The number of hydrogen-bond acceptors (Lipinski definition) is 2. The van der Waals surface area contributed by atoms with Crippen molar-refractivity contribution in [2.45, 2.75) is 39.5 Å². The molecule has 1 amide bonds. The highest BCUT2D eigenvalue weighted by Gasteiger charge is 2.19. The number of carbonyl (C=O) groups is 1. The molecule has 3 aromatic rings. The van der Waals surface area contributed by atoms with E-state index >= 15 is 0 Å². The highest BCUT2D eigenvalue weighted by atomic mass is 19.1. The zero-order chi connectivity index (χ0) is 18.2. The maximum absolute atomic E-state index is 13.6. The summed E-state index contributed by atoms with van der Waals surface area (Å²) in [6.45, 7) is 8.34. The normalized spacial score (nSPS) is 11.7. The maximum Gasteiger partial charge on any atom is 0.274 e. The van der Waals surface area contributed by atoms with Gasteiger partial charge in [-0.25, -0.2) is 9.37 Å². The number of benzene rings is 1. The van der Waals surface area contributed by atoms with E-state index in [-0.39, 0.29) is 11.3 Å². The van der Waals surface area contributed by atoms with Crippen molar-refractivity contribution < 1.29 is 9.18 Å². The lowest BCUT2D eigenvalue weighted by molar-refractivity contribution is 0.102. The largest absolute Gasteiger partial charge is 0.321 e. The Bertz CT molecular complexity index is 921. The van der Waals surface area contributed by atoms with E-state index in [0.717, 1.165) is 0 Å². The van der Waals surface area contributed by atoms with E-state index in [9.17, 15) is 9.18 Å². The lowest BCUT2D eigenvalue weighted by Crippen LogP contribution is -2.17. The number of pyridine rings is 1. The first-order valence-corrected chi connectivity index (χ1v) is 8.38. The summed E-state index contributed by atoms with van der Waals surface area (Å²) in [5, 5.41) is 2.89. The molecule has 0 aliphatic carbocycles. The van der Waals surface area contributed by atoms with Gasteiger partial charge < -0.3 is 5.32 Å². The number of carbonyl (C=O) groups excluding carboxylic acids is 1. The number of fused-ring (bicyclic) bond motifs is 1. The van der Waals surface area contributed by atoms with Crippen LogP contribution in [0.2, 0.25) is 0 Å². The molecule has 4 nitrogen and oxygen atoms in total. The standard InChI is InChI=1S/C20H22FN3O/c1-5-16-18(24-12-14(21)8-11-17(24)23-16)19(25)22-15-9-6-13(7-10-15)20(2,3)4/h6-12H,5H2,1-4H3,(H,22,25). The van der Waals surface area contributed by atoms with Crippen LogP contribution in [0.3, 0.4) is 0 Å². The van der Waals surface area contributed by atoms with E-state index in [4.69, 9.17) is 0 Å². The first-order valence-electron chi connectivity index (χ1n) is 8.38. The van der Waals surface area contributed by atoms with E-state index in [0.29, 0.717) is 29.1 Å². The number of nitrogens with one attached hydrogen (secondary N) is 1. The van der Waals surface area contributed by atoms with Gasteiger partial charge in [-0.2, -0.15) is 0 Å². The van der Waals surface area contributed by atoms with Crippen LogP contribution in [0.4, 0.5) is 10.1 Å². The van der Waals surface area contributed by atoms with Gasteiger partial charge in [0.1, 0.15) is 17.2 Å². The summed E-state index contributed by atoms with van der Waals surface area (Å²) in [5.41, 5.74) is 3.53. The van der Waals surface area contributed by atoms with Crippen molar-refractivity contribution in [1.29, 1.82) is 0 Å². The first-order chi connectivity index (χ1) is 11.8. The maximum atomic E-state index is 13.6. The topological polar surface area (TPSA) is 46.4 Å². The predicted molar refractivity (Wildman–Crippen MR) is 97.6 cm³/mol. The number of hydrogen-bond donors (Lipinski definition) is 1. The van der Waals surface area contributed by atoms with Gasteiger partial charge in [0.2, 0.25) is 0 Å². The predicted octanol–water partition coefficient (Wildman–Crippen LogP) is 4.59. The molecule has 0 fully saturated rings. The van der Waals surface area contributed by atoms with Crippen molar-refractivity contribution in [1.82, 2.24) is 9.38 Å². The number of halogens is 1. The average Bonchev–Trinajstić information content (AvgIpc) is 2.92. The van der Waals surface area contributed by atoms with Gasteiger partial charge >= 0.3 is 0 Å². The van der Waals surface area contributed by atoms with Crippen LogP contribution in [0, 0.1) is 5.82 Å². The quantitative estimate of drug-likeness (QED) is 0.759. The average molecular weight is 339 g/mol. The number of rotatable bonds is 3. The zero-order valence-electron chi connectivity index (χ0n) is 14.9. The van der Waals surface area contributed by atoms with E-state index < -0.39 is 5.82 Å². The van der Waals surface area contributed by atoms with Crippen molar-refractivity contribution in [3.63, 3.8) is 0 Å². The Balaban J connectivity index is 1.93. The lowest BCUT2D eigenvalue weighted by Gasteiger charge is -2.19. The first kappa shape index (κ1) is 17.1. The molecule has 0 atom stereocenters. The molecule has 0 saturated heterocycles.